The summed E-state index contributed by atoms with van der Waals surface area (Å²) in [5.74, 6) is -3.70. The molecule has 0 spiro atoms. The van der Waals surface area contributed by atoms with Crippen molar-refractivity contribution >= 4 is 29.8 Å². The zero-order valence-electron chi connectivity index (χ0n) is 32.2. The van der Waals surface area contributed by atoms with Gasteiger partial charge in [-0.25, -0.2) is 9.59 Å². The van der Waals surface area contributed by atoms with Crippen LogP contribution in [0, 0.1) is 0 Å². The fourth-order valence-electron chi connectivity index (χ4n) is 6.80. The molecule has 1 heterocycles. The number of alkyl halides is 3. The highest BCUT2D eigenvalue weighted by molar-refractivity contribution is 5.97. The van der Waals surface area contributed by atoms with Crippen LogP contribution in [0.5, 0.6) is 0 Å². The normalized spacial score (nSPS) is 19.5. The van der Waals surface area contributed by atoms with Gasteiger partial charge in [-0.15, -0.1) is 0 Å². The van der Waals surface area contributed by atoms with E-state index < -0.39 is 66.7 Å². The maximum Gasteiger partial charge on any atom is 0.422 e. The molecular weight excluding hydrogens is 733 g/mol. The number of nitrogens with one attached hydrogen (secondary N) is 1. The van der Waals surface area contributed by atoms with Gasteiger partial charge in [0.2, 0.25) is 11.8 Å². The number of likely N-dealkylation sites (N-methyl/N-ethyl adjacent to an activating group) is 1. The number of rotatable bonds is 20. The van der Waals surface area contributed by atoms with Crippen LogP contribution in [0.25, 0.3) is 6.08 Å². The third kappa shape index (κ3) is 13.0. The first kappa shape index (κ1) is 44.2. The Balaban J connectivity index is 1.59. The quantitative estimate of drug-likeness (QED) is 0.0877. The van der Waals surface area contributed by atoms with Crippen molar-refractivity contribution in [1.29, 1.82) is 0 Å². The third-order valence-corrected chi connectivity index (χ3v) is 9.74. The number of halogens is 3. The summed E-state index contributed by atoms with van der Waals surface area (Å²) in [4.78, 5) is 54.4. The van der Waals surface area contributed by atoms with Crippen molar-refractivity contribution in [2.45, 2.75) is 114 Å². The molecule has 0 radical (unpaired) electrons. The van der Waals surface area contributed by atoms with Crippen molar-refractivity contribution in [3.05, 3.63) is 89.0 Å². The number of hydrogen-bond acceptors (Lipinski definition) is 9. The predicted octanol–water partition coefficient (Wildman–Crippen LogP) is 6.48. The molecule has 0 saturated carbocycles. The Bertz CT molecular complexity index is 1650. The highest BCUT2D eigenvalue weighted by Gasteiger charge is 2.52. The van der Waals surface area contributed by atoms with Crippen molar-refractivity contribution in [2.24, 2.45) is 0 Å². The van der Waals surface area contributed by atoms with Crippen LogP contribution in [0.4, 0.5) is 13.2 Å². The Morgan fingerprint density at radius 1 is 0.982 bits per heavy atom. The highest BCUT2D eigenvalue weighted by Crippen LogP contribution is 2.43. The molecule has 1 aliphatic carbocycles. The lowest BCUT2D eigenvalue weighted by atomic mass is 9.90. The summed E-state index contributed by atoms with van der Waals surface area (Å²) in [6.45, 7) is 2.27. The van der Waals surface area contributed by atoms with Gasteiger partial charge in [0.05, 0.1) is 12.2 Å². The van der Waals surface area contributed by atoms with Crippen molar-refractivity contribution in [3.63, 3.8) is 0 Å². The second-order valence-electron chi connectivity index (χ2n) is 14.1. The molecule has 4 rings (SSSR count). The van der Waals surface area contributed by atoms with Crippen molar-refractivity contribution in [3.8, 4) is 0 Å². The standard InChI is InChI=1S/C42H53F3N2O9/c1-4-6-11-21-41(22-12-7-5-2)55-35-27-32(39(51)47(3)33(38(50)46-23-24-48)25-30-13-9-8-10-14-30)26-34(37(35)56-41)54-40(52)31-18-15-29(16-19-31)17-20-36(49)53-28-42(43,44)45/h8-10,13-20,27,33-35,37,48H,4-7,11-12,21-26,28H2,1-3H3,(H,46,50)/t33-,34-,35-,37+/m1/s1. The van der Waals surface area contributed by atoms with Gasteiger partial charge < -0.3 is 34.3 Å². The number of fused-ring (bicyclic) bond motifs is 1. The number of nitrogens with zero attached hydrogens (tertiary/aromatic N) is 1. The highest BCUT2D eigenvalue weighted by atomic mass is 19.4. The van der Waals surface area contributed by atoms with Crippen LogP contribution in [0.2, 0.25) is 0 Å². The average Bonchev–Trinajstić information content (AvgIpc) is 3.56. The number of hydrogen-bond donors (Lipinski definition) is 2. The SMILES string of the molecule is CCCCCC1(CCCCC)O[C@@H]2[C@@H](C=C(C(=O)N(C)[C@H](Cc3ccccc3)C(=O)NCCO)C[C@H]2OC(=O)c2ccc(C=CC(=O)OCC(F)(F)F)cc2)O1. The summed E-state index contributed by atoms with van der Waals surface area (Å²) in [6.07, 6.45) is 3.90. The van der Waals surface area contributed by atoms with Gasteiger partial charge >= 0.3 is 18.1 Å². The van der Waals surface area contributed by atoms with Crippen LogP contribution < -0.4 is 5.32 Å². The minimum atomic E-state index is -4.65. The predicted molar refractivity (Wildman–Crippen MR) is 202 cm³/mol. The fraction of sp³-hybridized carbons (Fsp3) is 0.524. The first-order valence-corrected chi connectivity index (χ1v) is 19.3. The minimum absolute atomic E-state index is 0.0172. The number of esters is 2. The molecular formula is C42H53F3N2O9. The van der Waals surface area contributed by atoms with Gasteiger partial charge in [-0.1, -0.05) is 82.0 Å². The number of aliphatic hydroxyl groups is 1. The molecule has 0 unspecified atom stereocenters. The molecule has 306 valence electrons. The smallest absolute Gasteiger partial charge is 0.422 e. The number of ether oxygens (including phenoxy) is 4. The molecule has 14 heteroatoms. The number of benzene rings is 2. The molecule has 1 fully saturated rings. The lowest BCUT2D eigenvalue weighted by Crippen LogP contribution is -2.51. The van der Waals surface area contributed by atoms with E-state index in [-0.39, 0.29) is 31.6 Å². The fourth-order valence-corrected chi connectivity index (χ4v) is 6.80. The Morgan fingerprint density at radius 2 is 1.64 bits per heavy atom. The minimum Gasteiger partial charge on any atom is -0.456 e. The van der Waals surface area contributed by atoms with Gasteiger partial charge in [0.15, 0.2) is 12.4 Å². The second kappa shape index (κ2) is 21.1. The summed E-state index contributed by atoms with van der Waals surface area (Å²) >= 11 is 0. The molecule has 2 N–H and O–H groups in total. The van der Waals surface area contributed by atoms with Gasteiger partial charge in [-0.2, -0.15) is 13.2 Å². The molecule has 2 aliphatic rings. The monoisotopic (exact) mass is 786 g/mol. The van der Waals surface area contributed by atoms with Crippen molar-refractivity contribution in [2.75, 3.05) is 26.8 Å². The summed E-state index contributed by atoms with van der Waals surface area (Å²) in [5, 5.41) is 12.0. The molecule has 2 aromatic rings. The first-order chi connectivity index (χ1) is 26.8. The Hall–Kier alpha value is -4.53. The van der Waals surface area contributed by atoms with Gasteiger partial charge in [0.25, 0.3) is 0 Å². The molecule has 0 bridgehead atoms. The van der Waals surface area contributed by atoms with E-state index in [0.717, 1.165) is 50.2 Å². The van der Waals surface area contributed by atoms with Crippen LogP contribution in [0.3, 0.4) is 0 Å². The number of carbonyl (C=O) groups is 4. The van der Waals surface area contributed by atoms with E-state index in [2.05, 4.69) is 23.9 Å². The van der Waals surface area contributed by atoms with Crippen LogP contribution >= 0.6 is 0 Å². The van der Waals surface area contributed by atoms with E-state index in [0.29, 0.717) is 24.0 Å². The number of carbonyl (C=O) groups excluding carboxylic acids is 4. The maximum absolute atomic E-state index is 14.3. The van der Waals surface area contributed by atoms with Crippen molar-refractivity contribution in [1.82, 2.24) is 10.2 Å². The Labute approximate surface area is 326 Å². The number of unbranched alkanes of at least 4 members (excludes halogenated alkanes) is 4. The lowest BCUT2D eigenvalue weighted by Gasteiger charge is -2.33. The largest absolute Gasteiger partial charge is 0.456 e. The molecule has 1 aliphatic heterocycles. The van der Waals surface area contributed by atoms with E-state index in [1.807, 2.05) is 30.3 Å². The average molecular weight is 787 g/mol. The zero-order chi connectivity index (χ0) is 40.7. The van der Waals surface area contributed by atoms with E-state index >= 15 is 0 Å². The lowest BCUT2D eigenvalue weighted by molar-refractivity contribution is -0.190. The summed E-state index contributed by atoms with van der Waals surface area (Å²) in [6, 6.07) is 14.2. The topological polar surface area (TPSA) is 141 Å². The van der Waals surface area contributed by atoms with Crippen LogP contribution in [0.15, 0.2) is 72.3 Å². The molecule has 2 amide bonds. The van der Waals surface area contributed by atoms with Gasteiger partial charge in [-0.3, -0.25) is 9.59 Å². The van der Waals surface area contributed by atoms with Gasteiger partial charge in [-0.05, 0) is 48.3 Å². The van der Waals surface area contributed by atoms with Crippen molar-refractivity contribution < 1.29 is 56.4 Å². The molecule has 11 nitrogen and oxygen atoms in total. The van der Waals surface area contributed by atoms with E-state index in [9.17, 15) is 37.5 Å². The van der Waals surface area contributed by atoms with Gasteiger partial charge in [0, 0.05) is 50.9 Å². The van der Waals surface area contributed by atoms with Gasteiger partial charge in [0.1, 0.15) is 24.4 Å². The second-order valence-corrected chi connectivity index (χ2v) is 14.1. The maximum atomic E-state index is 14.3. The summed E-state index contributed by atoms with van der Waals surface area (Å²) in [5.41, 5.74) is 1.70. The van der Waals surface area contributed by atoms with Crippen LogP contribution in [-0.4, -0.2) is 96.9 Å². The molecule has 56 heavy (non-hydrogen) atoms. The van der Waals surface area contributed by atoms with E-state index in [4.69, 9.17) is 14.2 Å². The third-order valence-electron chi connectivity index (χ3n) is 9.74. The summed E-state index contributed by atoms with van der Waals surface area (Å²) in [7, 11) is 1.54. The summed E-state index contributed by atoms with van der Waals surface area (Å²) < 4.78 is 60.8. The van der Waals surface area contributed by atoms with Crippen LogP contribution in [0.1, 0.15) is 93.1 Å². The number of amides is 2. The molecule has 0 aromatic heterocycles. The Kier molecular flexibility index (Phi) is 16.7. The zero-order valence-corrected chi connectivity index (χ0v) is 32.2. The van der Waals surface area contributed by atoms with E-state index in [1.54, 1.807) is 13.1 Å². The first-order valence-electron chi connectivity index (χ1n) is 19.3. The molecule has 1 saturated heterocycles. The van der Waals surface area contributed by atoms with Crippen LogP contribution in [-0.2, 0) is 39.8 Å². The Morgan fingerprint density at radius 3 is 2.25 bits per heavy atom. The molecule has 2 aromatic carbocycles. The van der Waals surface area contributed by atoms with E-state index in [1.165, 1.54) is 35.2 Å². The molecule has 4 atom stereocenters. The number of aliphatic hydroxyl groups excluding tert-OH is 1.